The van der Waals surface area contributed by atoms with Crippen molar-refractivity contribution in [1.29, 1.82) is 0 Å². The SMILES string of the molecule is CC(=O)c1cccc(C2=CC=C(OS(=O)(=O)C(F)(F)F)C2(C)Cc2ccccc2)c1. The fraction of sp³-hybridized carbons (Fsp3) is 0.227. The molecule has 1 unspecified atom stereocenters. The van der Waals surface area contributed by atoms with Gasteiger partial charge in [0.05, 0.1) is 5.41 Å². The Morgan fingerprint density at radius 3 is 2.30 bits per heavy atom. The number of benzene rings is 2. The van der Waals surface area contributed by atoms with Gasteiger partial charge in [0.2, 0.25) is 0 Å². The minimum absolute atomic E-state index is 0.163. The molecule has 4 nitrogen and oxygen atoms in total. The largest absolute Gasteiger partial charge is 0.534 e. The Hall–Kier alpha value is -2.87. The number of alkyl halides is 3. The number of hydrogen-bond acceptors (Lipinski definition) is 4. The summed E-state index contributed by atoms with van der Waals surface area (Å²) in [6, 6.07) is 15.6. The van der Waals surface area contributed by atoms with Crippen LogP contribution < -0.4 is 0 Å². The Bertz CT molecular complexity index is 1130. The summed E-state index contributed by atoms with van der Waals surface area (Å²) in [4.78, 5) is 11.8. The van der Waals surface area contributed by atoms with Gasteiger partial charge in [-0.25, -0.2) is 0 Å². The highest BCUT2D eigenvalue weighted by Gasteiger charge is 2.51. The zero-order chi connectivity index (χ0) is 22.2. The summed E-state index contributed by atoms with van der Waals surface area (Å²) in [5.41, 5.74) is -4.36. The molecular weight excluding hydrogens is 417 g/mol. The first-order valence-electron chi connectivity index (χ1n) is 9.03. The molecule has 0 saturated carbocycles. The standard InChI is InChI=1S/C22H19F3O4S/c1-15(26)17-9-6-10-18(13-17)19-11-12-20(29-30(27,28)22(23,24)25)21(19,2)14-16-7-4-3-5-8-16/h3-13H,14H2,1-2H3. The quantitative estimate of drug-likeness (QED) is 0.351. The van der Waals surface area contributed by atoms with E-state index in [0.717, 1.165) is 5.56 Å². The molecule has 1 atom stereocenters. The molecule has 0 N–H and O–H groups in total. The third-order valence-electron chi connectivity index (χ3n) is 5.00. The predicted molar refractivity (Wildman–Crippen MR) is 107 cm³/mol. The molecule has 0 aromatic heterocycles. The number of carbonyl (C=O) groups is 1. The second-order valence-corrected chi connectivity index (χ2v) is 8.76. The monoisotopic (exact) mass is 436 g/mol. The molecule has 0 spiro atoms. The molecule has 0 saturated heterocycles. The van der Waals surface area contributed by atoms with E-state index in [1.54, 1.807) is 61.5 Å². The maximum absolute atomic E-state index is 12.9. The molecule has 0 bridgehead atoms. The number of allylic oxidation sites excluding steroid dienone is 3. The van der Waals surface area contributed by atoms with E-state index in [1.165, 1.54) is 19.1 Å². The number of rotatable bonds is 6. The van der Waals surface area contributed by atoms with Crippen molar-refractivity contribution in [3.63, 3.8) is 0 Å². The van der Waals surface area contributed by atoms with Crippen LogP contribution in [0.2, 0.25) is 0 Å². The lowest BCUT2D eigenvalue weighted by atomic mass is 9.75. The lowest BCUT2D eigenvalue weighted by molar-refractivity contribution is -0.0528. The molecule has 2 aromatic rings. The first kappa shape index (κ1) is 21.8. The molecule has 158 valence electrons. The van der Waals surface area contributed by atoms with Crippen LogP contribution in [0.1, 0.15) is 35.3 Å². The molecule has 0 aliphatic heterocycles. The topological polar surface area (TPSA) is 60.4 Å². The van der Waals surface area contributed by atoms with Crippen molar-refractivity contribution in [1.82, 2.24) is 0 Å². The zero-order valence-electron chi connectivity index (χ0n) is 16.2. The van der Waals surface area contributed by atoms with Crippen molar-refractivity contribution in [2.75, 3.05) is 0 Å². The lowest BCUT2D eigenvalue weighted by Crippen LogP contribution is -2.30. The highest BCUT2D eigenvalue weighted by molar-refractivity contribution is 7.87. The molecule has 0 heterocycles. The summed E-state index contributed by atoms with van der Waals surface area (Å²) >= 11 is 0. The van der Waals surface area contributed by atoms with Crippen molar-refractivity contribution in [3.8, 4) is 0 Å². The van der Waals surface area contributed by atoms with Crippen molar-refractivity contribution in [3.05, 3.63) is 89.2 Å². The minimum atomic E-state index is -5.83. The predicted octanol–water partition coefficient (Wildman–Crippen LogP) is 5.29. The van der Waals surface area contributed by atoms with Crippen LogP contribution in [0.4, 0.5) is 13.2 Å². The zero-order valence-corrected chi connectivity index (χ0v) is 17.0. The van der Waals surface area contributed by atoms with E-state index in [9.17, 15) is 26.4 Å². The van der Waals surface area contributed by atoms with Crippen molar-refractivity contribution in [2.24, 2.45) is 5.41 Å². The minimum Gasteiger partial charge on any atom is -0.380 e. The molecule has 8 heteroatoms. The average Bonchev–Trinajstić information content (AvgIpc) is 2.97. The lowest BCUT2D eigenvalue weighted by Gasteiger charge is -2.31. The van der Waals surface area contributed by atoms with Gasteiger partial charge >= 0.3 is 15.6 Å². The van der Waals surface area contributed by atoms with Gasteiger partial charge in [-0.1, -0.05) is 54.6 Å². The summed E-state index contributed by atoms with van der Waals surface area (Å²) in [5, 5.41) is 0. The second kappa shape index (κ2) is 7.75. The van der Waals surface area contributed by atoms with E-state index in [1.807, 2.05) is 0 Å². The van der Waals surface area contributed by atoms with Crippen LogP contribution in [0.5, 0.6) is 0 Å². The number of carbonyl (C=O) groups excluding carboxylic acids is 1. The molecule has 1 aliphatic carbocycles. The number of halogens is 3. The molecule has 30 heavy (non-hydrogen) atoms. The Kier molecular flexibility index (Phi) is 5.64. The number of hydrogen-bond donors (Lipinski definition) is 0. The summed E-state index contributed by atoms with van der Waals surface area (Å²) in [5.74, 6) is -0.490. The maximum atomic E-state index is 12.9. The third-order valence-corrected chi connectivity index (χ3v) is 5.97. The van der Waals surface area contributed by atoms with Crippen LogP contribution in [-0.2, 0) is 20.7 Å². The highest BCUT2D eigenvalue weighted by Crippen LogP contribution is 2.49. The second-order valence-electron chi connectivity index (χ2n) is 7.23. The highest BCUT2D eigenvalue weighted by atomic mass is 32.2. The van der Waals surface area contributed by atoms with Crippen molar-refractivity contribution in [2.45, 2.75) is 25.8 Å². The van der Waals surface area contributed by atoms with Crippen LogP contribution in [0, 0.1) is 5.41 Å². The molecular formula is C22H19F3O4S. The third kappa shape index (κ3) is 4.18. The van der Waals surface area contributed by atoms with Gasteiger partial charge in [-0.15, -0.1) is 0 Å². The van der Waals surface area contributed by atoms with E-state index < -0.39 is 21.0 Å². The van der Waals surface area contributed by atoms with Crippen molar-refractivity contribution >= 4 is 21.5 Å². The van der Waals surface area contributed by atoms with Crippen molar-refractivity contribution < 1.29 is 30.6 Å². The Morgan fingerprint density at radius 1 is 1.03 bits per heavy atom. The van der Waals surface area contributed by atoms with Gasteiger partial charge in [-0.05, 0) is 49.1 Å². The van der Waals surface area contributed by atoms with Gasteiger partial charge in [-0.2, -0.15) is 21.6 Å². The fourth-order valence-corrected chi connectivity index (χ4v) is 4.02. The smallest absolute Gasteiger partial charge is 0.380 e. The van der Waals surface area contributed by atoms with Gasteiger partial charge in [0.15, 0.2) is 5.78 Å². The van der Waals surface area contributed by atoms with Crippen LogP contribution in [0.25, 0.3) is 5.57 Å². The molecule has 0 amide bonds. The van der Waals surface area contributed by atoms with Gasteiger partial charge in [0, 0.05) is 5.56 Å². The Balaban J connectivity index is 2.06. The molecule has 2 aromatic carbocycles. The number of ketones is 1. The maximum Gasteiger partial charge on any atom is 0.534 e. The van der Waals surface area contributed by atoms with Gasteiger partial charge in [-0.3, -0.25) is 4.79 Å². The van der Waals surface area contributed by atoms with Crippen LogP contribution >= 0.6 is 0 Å². The van der Waals surface area contributed by atoms with Crippen LogP contribution in [-0.4, -0.2) is 19.7 Å². The average molecular weight is 436 g/mol. The Labute approximate surface area is 172 Å². The van der Waals surface area contributed by atoms with Gasteiger partial charge < -0.3 is 4.18 Å². The van der Waals surface area contributed by atoms with E-state index >= 15 is 0 Å². The van der Waals surface area contributed by atoms with E-state index in [4.69, 9.17) is 0 Å². The first-order chi connectivity index (χ1) is 13.9. The molecule has 0 fully saturated rings. The summed E-state index contributed by atoms with van der Waals surface area (Å²) < 4.78 is 66.7. The Morgan fingerprint density at radius 2 is 1.70 bits per heavy atom. The fourth-order valence-electron chi connectivity index (χ4n) is 3.45. The van der Waals surface area contributed by atoms with E-state index in [-0.39, 0.29) is 18.0 Å². The first-order valence-corrected chi connectivity index (χ1v) is 10.4. The van der Waals surface area contributed by atoms with Crippen LogP contribution in [0.15, 0.2) is 72.5 Å². The summed E-state index contributed by atoms with van der Waals surface area (Å²) in [6.45, 7) is 3.03. The van der Waals surface area contributed by atoms with Gasteiger partial charge in [0.1, 0.15) is 5.76 Å². The van der Waals surface area contributed by atoms with Crippen LogP contribution in [0.3, 0.4) is 0 Å². The molecule has 0 radical (unpaired) electrons. The normalized spacial score (nSPS) is 19.2. The van der Waals surface area contributed by atoms with E-state index in [0.29, 0.717) is 16.7 Å². The number of Topliss-reactive ketones (excluding diaryl/α,β-unsaturated/α-hetero) is 1. The molecule has 3 rings (SSSR count). The van der Waals surface area contributed by atoms with Gasteiger partial charge in [0.25, 0.3) is 0 Å². The summed E-state index contributed by atoms with van der Waals surface area (Å²) in [6.07, 6.45) is 2.97. The molecule has 1 aliphatic rings. The summed E-state index contributed by atoms with van der Waals surface area (Å²) in [7, 11) is -5.83. The van der Waals surface area contributed by atoms with E-state index in [2.05, 4.69) is 4.18 Å².